The molecule has 1 N–H and O–H groups in total. The number of ketones is 1. The van der Waals surface area contributed by atoms with Crippen molar-refractivity contribution in [2.24, 2.45) is 0 Å². The third kappa shape index (κ3) is 6.56. The molecule has 0 aliphatic carbocycles. The molecule has 1 saturated heterocycles. The first kappa shape index (κ1) is 29.5. The predicted octanol–water partition coefficient (Wildman–Crippen LogP) is 6.99. The lowest BCUT2D eigenvalue weighted by Crippen LogP contribution is -2.29. The SMILES string of the molecule is COc1cccc(CN2C(=O)C(=O)/C(=C(\O)c3ccc(OCc4ccccc4)c(C)c3)C2c2ccc(OC(C)C)cc2)c1. The molecule has 1 aliphatic rings. The van der Waals surface area contributed by atoms with Crippen molar-refractivity contribution in [1.29, 1.82) is 0 Å². The van der Waals surface area contributed by atoms with Crippen LogP contribution >= 0.6 is 0 Å². The largest absolute Gasteiger partial charge is 0.507 e. The van der Waals surface area contributed by atoms with E-state index < -0.39 is 17.7 Å². The molecule has 0 radical (unpaired) electrons. The first-order chi connectivity index (χ1) is 20.7. The average molecular weight is 578 g/mol. The number of aryl methyl sites for hydroxylation is 1. The van der Waals surface area contributed by atoms with E-state index in [4.69, 9.17) is 14.2 Å². The molecule has 5 rings (SSSR count). The van der Waals surface area contributed by atoms with Gasteiger partial charge in [-0.2, -0.15) is 0 Å². The maximum absolute atomic E-state index is 13.6. The average Bonchev–Trinajstić information content (AvgIpc) is 3.25. The van der Waals surface area contributed by atoms with Crippen LogP contribution in [0.2, 0.25) is 0 Å². The van der Waals surface area contributed by atoms with E-state index in [1.165, 1.54) is 4.90 Å². The third-order valence-electron chi connectivity index (χ3n) is 7.28. The standard InChI is InChI=1S/C36H35NO6/c1-23(2)43-29-16-13-27(14-17-29)33-32(35(39)36(40)37(33)21-26-11-8-12-30(20-26)41-4)34(38)28-15-18-31(24(3)19-28)42-22-25-9-6-5-7-10-25/h5-20,23,33,38H,21-22H2,1-4H3/b34-32-. The number of hydrogen-bond donors (Lipinski definition) is 1. The normalized spacial score (nSPS) is 16.0. The highest BCUT2D eigenvalue weighted by Crippen LogP contribution is 2.41. The Morgan fingerprint density at radius 2 is 1.58 bits per heavy atom. The summed E-state index contributed by atoms with van der Waals surface area (Å²) in [6, 6.07) is 28.9. The van der Waals surface area contributed by atoms with Crippen LogP contribution in [-0.2, 0) is 22.7 Å². The summed E-state index contributed by atoms with van der Waals surface area (Å²) in [5.41, 5.74) is 3.75. The summed E-state index contributed by atoms with van der Waals surface area (Å²) in [6.45, 7) is 6.31. The smallest absolute Gasteiger partial charge is 0.295 e. The molecule has 1 heterocycles. The van der Waals surface area contributed by atoms with Gasteiger partial charge < -0.3 is 24.2 Å². The fourth-order valence-corrected chi connectivity index (χ4v) is 5.21. The summed E-state index contributed by atoms with van der Waals surface area (Å²) in [7, 11) is 1.58. The fraction of sp³-hybridized carbons (Fsp3) is 0.222. The van der Waals surface area contributed by atoms with Gasteiger partial charge in [-0.1, -0.05) is 54.6 Å². The molecule has 4 aromatic rings. The molecule has 1 aliphatic heterocycles. The van der Waals surface area contributed by atoms with Gasteiger partial charge in [0.25, 0.3) is 11.7 Å². The van der Waals surface area contributed by atoms with Crippen molar-refractivity contribution in [2.75, 3.05) is 7.11 Å². The topological polar surface area (TPSA) is 85.3 Å². The number of aliphatic hydroxyl groups excluding tert-OH is 1. The summed E-state index contributed by atoms with van der Waals surface area (Å²) in [4.78, 5) is 28.6. The van der Waals surface area contributed by atoms with Crippen LogP contribution in [0.15, 0.2) is 103 Å². The van der Waals surface area contributed by atoms with Crippen molar-refractivity contribution in [3.63, 3.8) is 0 Å². The molecule has 7 nitrogen and oxygen atoms in total. The lowest BCUT2D eigenvalue weighted by molar-refractivity contribution is -0.140. The molecule has 1 unspecified atom stereocenters. The van der Waals surface area contributed by atoms with Gasteiger partial charge in [-0.05, 0) is 85.5 Å². The van der Waals surface area contributed by atoms with Crippen LogP contribution in [-0.4, -0.2) is 34.9 Å². The van der Waals surface area contributed by atoms with E-state index in [2.05, 4.69) is 0 Å². The Balaban J connectivity index is 1.52. The number of aliphatic hydroxyl groups is 1. The summed E-state index contributed by atoms with van der Waals surface area (Å²) in [5, 5.41) is 11.6. The molecule has 0 bridgehead atoms. The van der Waals surface area contributed by atoms with Gasteiger partial charge in [0.05, 0.1) is 24.8 Å². The number of rotatable bonds is 10. The molecule has 1 atom stereocenters. The van der Waals surface area contributed by atoms with E-state index in [9.17, 15) is 14.7 Å². The fourth-order valence-electron chi connectivity index (χ4n) is 5.21. The summed E-state index contributed by atoms with van der Waals surface area (Å²) in [6.07, 6.45) is -0.00701. The van der Waals surface area contributed by atoms with E-state index >= 15 is 0 Å². The van der Waals surface area contributed by atoms with E-state index in [-0.39, 0.29) is 24.0 Å². The molecule has 0 spiro atoms. The van der Waals surface area contributed by atoms with Crippen molar-refractivity contribution in [3.05, 3.63) is 130 Å². The second kappa shape index (κ2) is 12.9. The number of Topliss-reactive ketones (excluding diaryl/α,β-unsaturated/α-hetero) is 1. The quantitative estimate of drug-likeness (QED) is 0.124. The minimum atomic E-state index is -0.811. The van der Waals surface area contributed by atoms with E-state index in [0.29, 0.717) is 35.0 Å². The predicted molar refractivity (Wildman–Crippen MR) is 165 cm³/mol. The Hall–Kier alpha value is -5.04. The van der Waals surface area contributed by atoms with Crippen LogP contribution in [0.3, 0.4) is 0 Å². The van der Waals surface area contributed by atoms with E-state index in [0.717, 1.165) is 16.7 Å². The monoisotopic (exact) mass is 577 g/mol. The van der Waals surface area contributed by atoms with Crippen LogP contribution in [0.4, 0.5) is 0 Å². The molecule has 7 heteroatoms. The molecule has 43 heavy (non-hydrogen) atoms. The van der Waals surface area contributed by atoms with Gasteiger partial charge in [0, 0.05) is 12.1 Å². The van der Waals surface area contributed by atoms with Crippen LogP contribution in [0.25, 0.3) is 5.76 Å². The number of methoxy groups -OCH3 is 1. The van der Waals surface area contributed by atoms with Crippen molar-refractivity contribution < 1.29 is 28.9 Å². The number of amides is 1. The Morgan fingerprint density at radius 1 is 0.860 bits per heavy atom. The number of likely N-dealkylation sites (tertiary alicyclic amines) is 1. The van der Waals surface area contributed by atoms with Crippen molar-refractivity contribution in [1.82, 2.24) is 4.90 Å². The lowest BCUT2D eigenvalue weighted by atomic mass is 9.94. The lowest BCUT2D eigenvalue weighted by Gasteiger charge is -2.26. The second-order valence-electron chi connectivity index (χ2n) is 10.8. The van der Waals surface area contributed by atoms with Crippen LogP contribution in [0, 0.1) is 6.92 Å². The van der Waals surface area contributed by atoms with Gasteiger partial charge in [0.15, 0.2) is 0 Å². The highest BCUT2D eigenvalue weighted by Gasteiger charge is 2.46. The van der Waals surface area contributed by atoms with Crippen molar-refractivity contribution in [2.45, 2.75) is 46.1 Å². The van der Waals surface area contributed by atoms with Gasteiger partial charge in [-0.25, -0.2) is 0 Å². The Bertz CT molecular complexity index is 1640. The molecule has 0 saturated carbocycles. The first-order valence-electron chi connectivity index (χ1n) is 14.2. The Morgan fingerprint density at radius 3 is 2.26 bits per heavy atom. The molecule has 220 valence electrons. The van der Waals surface area contributed by atoms with Crippen LogP contribution in [0.1, 0.15) is 47.7 Å². The van der Waals surface area contributed by atoms with E-state index in [1.807, 2.05) is 99.6 Å². The molecule has 1 fully saturated rings. The highest BCUT2D eigenvalue weighted by atomic mass is 16.5. The Labute approximate surface area is 252 Å². The zero-order valence-electron chi connectivity index (χ0n) is 24.7. The minimum Gasteiger partial charge on any atom is -0.507 e. The molecule has 4 aromatic carbocycles. The summed E-state index contributed by atoms with van der Waals surface area (Å²) < 4.78 is 17.2. The van der Waals surface area contributed by atoms with Gasteiger partial charge in [-0.3, -0.25) is 9.59 Å². The molecular formula is C36H35NO6. The number of benzene rings is 4. The van der Waals surface area contributed by atoms with E-state index in [1.54, 1.807) is 25.3 Å². The van der Waals surface area contributed by atoms with Crippen LogP contribution in [0.5, 0.6) is 17.2 Å². The minimum absolute atomic E-state index is 0.00701. The first-order valence-corrected chi connectivity index (χ1v) is 14.2. The maximum atomic E-state index is 13.6. The van der Waals surface area contributed by atoms with Crippen molar-refractivity contribution in [3.8, 4) is 17.2 Å². The van der Waals surface area contributed by atoms with Gasteiger partial charge >= 0.3 is 0 Å². The van der Waals surface area contributed by atoms with Gasteiger partial charge in [-0.15, -0.1) is 0 Å². The molecular weight excluding hydrogens is 542 g/mol. The number of hydrogen-bond acceptors (Lipinski definition) is 6. The van der Waals surface area contributed by atoms with Gasteiger partial charge in [0.2, 0.25) is 0 Å². The number of nitrogens with zero attached hydrogens (tertiary/aromatic N) is 1. The summed E-state index contributed by atoms with van der Waals surface area (Å²) in [5.74, 6) is 0.315. The second-order valence-corrected chi connectivity index (χ2v) is 10.8. The summed E-state index contributed by atoms with van der Waals surface area (Å²) >= 11 is 0. The number of carbonyl (C=O) groups excluding carboxylic acids is 2. The Kier molecular flexibility index (Phi) is 8.81. The molecule has 1 amide bonds. The van der Waals surface area contributed by atoms with Crippen LogP contribution < -0.4 is 14.2 Å². The number of carbonyl (C=O) groups is 2. The maximum Gasteiger partial charge on any atom is 0.295 e. The van der Waals surface area contributed by atoms with Gasteiger partial charge in [0.1, 0.15) is 29.6 Å². The zero-order chi connectivity index (χ0) is 30.5. The third-order valence-corrected chi connectivity index (χ3v) is 7.28. The zero-order valence-corrected chi connectivity index (χ0v) is 24.7. The number of ether oxygens (including phenoxy) is 3. The van der Waals surface area contributed by atoms with Crippen molar-refractivity contribution >= 4 is 17.4 Å². The highest BCUT2D eigenvalue weighted by molar-refractivity contribution is 6.46. The molecule has 0 aromatic heterocycles.